The lowest BCUT2D eigenvalue weighted by molar-refractivity contribution is 0.0787. The number of sulfonamides is 1. The quantitative estimate of drug-likeness (QED) is 0.768. The molecule has 0 bridgehead atoms. The summed E-state index contributed by atoms with van der Waals surface area (Å²) in [5.41, 5.74) is 0.869. The molecule has 3 rings (SSSR count). The molecule has 1 atom stereocenters. The molecule has 0 saturated carbocycles. The lowest BCUT2D eigenvalue weighted by Crippen LogP contribution is -2.30. The maximum atomic E-state index is 12.7. The standard InChI is InChI=1S/C19H23N3O3S.ClH/c1-20-13-15-10-11-22(14-15)19(23)16-6-5-7-17(12-16)21-26(24,25)18-8-3-2-4-9-18;/h2-9,12,15,20-21H,10-11,13-14H2,1H3;1H. The molecular weight excluding hydrogens is 386 g/mol. The van der Waals surface area contributed by atoms with Crippen molar-refractivity contribution in [2.45, 2.75) is 11.3 Å². The molecule has 6 nitrogen and oxygen atoms in total. The van der Waals surface area contributed by atoms with Gasteiger partial charge in [0.1, 0.15) is 0 Å². The van der Waals surface area contributed by atoms with Gasteiger partial charge in [0.25, 0.3) is 15.9 Å². The highest BCUT2D eigenvalue weighted by molar-refractivity contribution is 7.92. The van der Waals surface area contributed by atoms with E-state index in [-0.39, 0.29) is 23.2 Å². The first-order valence-corrected chi connectivity index (χ1v) is 10.1. The van der Waals surface area contributed by atoms with Gasteiger partial charge in [-0.25, -0.2) is 8.42 Å². The molecule has 0 radical (unpaired) electrons. The van der Waals surface area contributed by atoms with Crippen molar-refractivity contribution in [2.24, 2.45) is 5.92 Å². The molecule has 1 aliphatic rings. The molecule has 0 aromatic heterocycles. The average Bonchev–Trinajstić information content (AvgIpc) is 3.11. The first-order chi connectivity index (χ1) is 12.5. The van der Waals surface area contributed by atoms with Gasteiger partial charge >= 0.3 is 0 Å². The number of amides is 1. The van der Waals surface area contributed by atoms with Crippen LogP contribution in [0.25, 0.3) is 0 Å². The molecule has 2 aromatic carbocycles. The van der Waals surface area contributed by atoms with E-state index in [0.29, 0.717) is 17.2 Å². The monoisotopic (exact) mass is 409 g/mol. The number of carbonyl (C=O) groups is 1. The fourth-order valence-corrected chi connectivity index (χ4v) is 4.25. The minimum atomic E-state index is -3.67. The SMILES string of the molecule is CNCC1CCN(C(=O)c2cccc(NS(=O)(=O)c3ccccc3)c2)C1.Cl. The molecule has 0 aliphatic carbocycles. The number of hydrogen-bond donors (Lipinski definition) is 2. The molecule has 27 heavy (non-hydrogen) atoms. The highest BCUT2D eigenvalue weighted by atomic mass is 35.5. The minimum Gasteiger partial charge on any atom is -0.338 e. The number of halogens is 1. The van der Waals surface area contributed by atoms with Gasteiger partial charge < -0.3 is 10.2 Å². The summed E-state index contributed by atoms with van der Waals surface area (Å²) in [4.78, 5) is 14.7. The van der Waals surface area contributed by atoms with Crippen LogP contribution >= 0.6 is 12.4 Å². The van der Waals surface area contributed by atoms with Gasteiger partial charge in [0.05, 0.1) is 4.90 Å². The van der Waals surface area contributed by atoms with E-state index in [9.17, 15) is 13.2 Å². The third-order valence-corrected chi connectivity index (χ3v) is 5.88. The Morgan fingerprint density at radius 3 is 2.59 bits per heavy atom. The number of rotatable bonds is 6. The van der Waals surface area contributed by atoms with Crippen molar-refractivity contribution in [1.29, 1.82) is 0 Å². The van der Waals surface area contributed by atoms with E-state index < -0.39 is 10.0 Å². The molecule has 8 heteroatoms. The third kappa shape index (κ3) is 5.22. The summed E-state index contributed by atoms with van der Waals surface area (Å²) in [6.07, 6.45) is 0.979. The maximum absolute atomic E-state index is 12.7. The summed E-state index contributed by atoms with van der Waals surface area (Å²) >= 11 is 0. The third-order valence-electron chi connectivity index (χ3n) is 4.48. The predicted molar refractivity (Wildman–Crippen MR) is 109 cm³/mol. The second-order valence-corrected chi connectivity index (χ2v) is 8.15. The number of benzene rings is 2. The summed E-state index contributed by atoms with van der Waals surface area (Å²) in [6.45, 7) is 2.34. The van der Waals surface area contributed by atoms with Crippen molar-refractivity contribution in [2.75, 3.05) is 31.4 Å². The van der Waals surface area contributed by atoms with Crippen LogP contribution in [0, 0.1) is 5.92 Å². The lowest BCUT2D eigenvalue weighted by Gasteiger charge is -2.17. The van der Waals surface area contributed by atoms with Crippen molar-refractivity contribution in [3.63, 3.8) is 0 Å². The van der Waals surface area contributed by atoms with Crippen molar-refractivity contribution in [1.82, 2.24) is 10.2 Å². The Morgan fingerprint density at radius 2 is 1.89 bits per heavy atom. The van der Waals surface area contributed by atoms with E-state index >= 15 is 0 Å². The van der Waals surface area contributed by atoms with E-state index in [1.54, 1.807) is 42.5 Å². The largest absolute Gasteiger partial charge is 0.338 e. The smallest absolute Gasteiger partial charge is 0.261 e. The van der Waals surface area contributed by atoms with Gasteiger partial charge in [-0.3, -0.25) is 9.52 Å². The number of nitrogens with zero attached hydrogens (tertiary/aromatic N) is 1. The molecule has 1 fully saturated rings. The summed E-state index contributed by atoms with van der Waals surface area (Å²) in [5, 5.41) is 3.14. The normalized spacial score (nSPS) is 16.6. The van der Waals surface area contributed by atoms with Crippen LogP contribution in [0.1, 0.15) is 16.8 Å². The minimum absolute atomic E-state index is 0. The average molecular weight is 410 g/mol. The summed E-state index contributed by atoms with van der Waals surface area (Å²) in [7, 11) is -1.76. The Morgan fingerprint density at radius 1 is 1.15 bits per heavy atom. The van der Waals surface area contributed by atoms with Gasteiger partial charge in [0, 0.05) is 24.3 Å². The van der Waals surface area contributed by atoms with Crippen LogP contribution in [0.5, 0.6) is 0 Å². The number of nitrogens with one attached hydrogen (secondary N) is 2. The molecule has 2 aromatic rings. The molecule has 1 heterocycles. The molecule has 146 valence electrons. The number of carbonyl (C=O) groups excluding carboxylic acids is 1. The van der Waals surface area contributed by atoms with Crippen molar-refractivity contribution < 1.29 is 13.2 Å². The summed E-state index contributed by atoms with van der Waals surface area (Å²) in [5.74, 6) is 0.396. The molecule has 1 aliphatic heterocycles. The van der Waals surface area contributed by atoms with Crippen LogP contribution in [0.15, 0.2) is 59.5 Å². The highest BCUT2D eigenvalue weighted by Crippen LogP contribution is 2.21. The van der Waals surface area contributed by atoms with Crippen LogP contribution in [-0.2, 0) is 10.0 Å². The maximum Gasteiger partial charge on any atom is 0.261 e. The highest BCUT2D eigenvalue weighted by Gasteiger charge is 2.26. The van der Waals surface area contributed by atoms with Gasteiger partial charge in [-0.15, -0.1) is 12.4 Å². The van der Waals surface area contributed by atoms with Crippen molar-refractivity contribution >= 4 is 34.0 Å². The van der Waals surface area contributed by atoms with Gasteiger partial charge in [-0.05, 0) is 56.3 Å². The van der Waals surface area contributed by atoms with Crippen molar-refractivity contribution in [3.05, 3.63) is 60.2 Å². The Balaban J connectivity index is 0.00000261. The second kappa shape index (κ2) is 9.21. The molecule has 1 amide bonds. The van der Waals surface area contributed by atoms with Crippen LogP contribution in [0.2, 0.25) is 0 Å². The molecular formula is C19H24ClN3O3S. The fourth-order valence-electron chi connectivity index (χ4n) is 3.18. The van der Waals surface area contributed by atoms with E-state index in [4.69, 9.17) is 0 Å². The van der Waals surface area contributed by atoms with E-state index in [1.165, 1.54) is 12.1 Å². The van der Waals surface area contributed by atoms with Crippen LogP contribution in [0.4, 0.5) is 5.69 Å². The Bertz CT molecular complexity index is 875. The topological polar surface area (TPSA) is 78.5 Å². The second-order valence-electron chi connectivity index (χ2n) is 6.46. The Kier molecular flexibility index (Phi) is 7.24. The molecule has 2 N–H and O–H groups in total. The van der Waals surface area contributed by atoms with E-state index in [1.807, 2.05) is 11.9 Å². The summed E-state index contributed by atoms with van der Waals surface area (Å²) < 4.78 is 27.4. The van der Waals surface area contributed by atoms with Gasteiger partial charge in [0.2, 0.25) is 0 Å². The predicted octanol–water partition coefficient (Wildman–Crippen LogP) is 2.59. The van der Waals surface area contributed by atoms with Gasteiger partial charge in [-0.1, -0.05) is 24.3 Å². The van der Waals surface area contributed by atoms with Crippen LogP contribution < -0.4 is 10.0 Å². The fraction of sp³-hybridized carbons (Fsp3) is 0.316. The first kappa shape index (κ1) is 21.2. The molecule has 1 saturated heterocycles. The van der Waals surface area contributed by atoms with E-state index in [2.05, 4.69) is 10.0 Å². The van der Waals surface area contributed by atoms with Crippen LogP contribution in [-0.4, -0.2) is 45.9 Å². The lowest BCUT2D eigenvalue weighted by atomic mass is 10.1. The Hall–Kier alpha value is -2.09. The number of hydrogen-bond acceptors (Lipinski definition) is 4. The zero-order valence-electron chi connectivity index (χ0n) is 15.1. The van der Waals surface area contributed by atoms with Gasteiger partial charge in [0.15, 0.2) is 0 Å². The van der Waals surface area contributed by atoms with Crippen molar-refractivity contribution in [3.8, 4) is 0 Å². The zero-order chi connectivity index (χ0) is 18.6. The van der Waals surface area contributed by atoms with Gasteiger partial charge in [-0.2, -0.15) is 0 Å². The van der Waals surface area contributed by atoms with Crippen LogP contribution in [0.3, 0.4) is 0 Å². The first-order valence-electron chi connectivity index (χ1n) is 8.61. The molecule has 0 spiro atoms. The Labute approximate surface area is 166 Å². The zero-order valence-corrected chi connectivity index (χ0v) is 16.7. The number of likely N-dealkylation sites (tertiary alicyclic amines) is 1. The molecule has 1 unspecified atom stereocenters. The van der Waals surface area contributed by atoms with E-state index in [0.717, 1.165) is 26.1 Å². The number of anilines is 1. The summed E-state index contributed by atoms with van der Waals surface area (Å²) in [6, 6.07) is 14.8.